The number of nitrogens with zero attached hydrogens (tertiary/aromatic N) is 2. The minimum absolute atomic E-state index is 0.0242. The molecule has 0 N–H and O–H groups in total. The van der Waals surface area contributed by atoms with Gasteiger partial charge in [-0.2, -0.15) is 0 Å². The van der Waals surface area contributed by atoms with Crippen LogP contribution in [0.25, 0.3) is 5.69 Å². The van der Waals surface area contributed by atoms with E-state index in [-0.39, 0.29) is 12.2 Å². The molecule has 0 amide bonds. The van der Waals surface area contributed by atoms with Crippen molar-refractivity contribution in [2.24, 2.45) is 0 Å². The van der Waals surface area contributed by atoms with Crippen LogP contribution in [0, 0.1) is 0 Å². The third-order valence-corrected chi connectivity index (χ3v) is 4.25. The van der Waals surface area contributed by atoms with Gasteiger partial charge in [0.1, 0.15) is 5.56 Å². The van der Waals surface area contributed by atoms with Gasteiger partial charge >= 0.3 is 5.97 Å². The number of carbonyl (C=O) groups excluding carboxylic acids is 1. The highest BCUT2D eigenvalue weighted by Crippen LogP contribution is 2.16. The van der Waals surface area contributed by atoms with E-state index in [4.69, 9.17) is 27.9 Å². The highest BCUT2D eigenvalue weighted by Gasteiger charge is 2.20. The number of esters is 1. The van der Waals surface area contributed by atoms with E-state index in [2.05, 4.69) is 0 Å². The Balaban J connectivity index is 2.11. The molecule has 0 aliphatic carbocycles. The normalized spacial score (nSPS) is 10.7. The zero-order chi connectivity index (χ0) is 18.7. The molecule has 0 fully saturated rings. The summed E-state index contributed by atoms with van der Waals surface area (Å²) in [6.45, 7) is 2.25. The Morgan fingerprint density at radius 1 is 1.08 bits per heavy atom. The maximum absolute atomic E-state index is 12.8. The van der Waals surface area contributed by atoms with Crippen molar-refractivity contribution in [1.29, 1.82) is 0 Å². The van der Waals surface area contributed by atoms with Crippen LogP contribution in [-0.2, 0) is 11.3 Å². The van der Waals surface area contributed by atoms with E-state index in [1.54, 1.807) is 41.9 Å². The second-order valence-corrected chi connectivity index (χ2v) is 6.46. The molecule has 5 nitrogen and oxygen atoms in total. The number of halogens is 2. The van der Waals surface area contributed by atoms with Gasteiger partial charge in [0, 0.05) is 16.2 Å². The van der Waals surface area contributed by atoms with E-state index in [0.29, 0.717) is 22.3 Å². The summed E-state index contributed by atoms with van der Waals surface area (Å²) in [5, 5.41) is 1.15. The predicted octanol–water partition coefficient (Wildman–Crippen LogP) is 4.17. The summed E-state index contributed by atoms with van der Waals surface area (Å²) < 4.78 is 8.07. The van der Waals surface area contributed by atoms with Crippen molar-refractivity contribution in [3.8, 4) is 5.69 Å². The van der Waals surface area contributed by atoms with Crippen LogP contribution in [0.2, 0.25) is 10.0 Å². The van der Waals surface area contributed by atoms with E-state index >= 15 is 0 Å². The Hall–Kier alpha value is -2.50. The number of ether oxygens (including phenoxy) is 1. The lowest BCUT2D eigenvalue weighted by atomic mass is 10.2. The number of aromatic nitrogens is 2. The van der Waals surface area contributed by atoms with Crippen molar-refractivity contribution >= 4 is 29.2 Å². The van der Waals surface area contributed by atoms with Gasteiger partial charge in [0.05, 0.1) is 18.8 Å². The second kappa shape index (κ2) is 7.81. The van der Waals surface area contributed by atoms with Gasteiger partial charge in [0.15, 0.2) is 0 Å². The van der Waals surface area contributed by atoms with Crippen LogP contribution in [-0.4, -0.2) is 21.9 Å². The van der Waals surface area contributed by atoms with Crippen LogP contribution in [0.4, 0.5) is 0 Å². The second-order valence-electron chi connectivity index (χ2n) is 5.58. The third kappa shape index (κ3) is 3.84. The van der Waals surface area contributed by atoms with Gasteiger partial charge in [-0.15, -0.1) is 0 Å². The summed E-state index contributed by atoms with van der Waals surface area (Å²) >= 11 is 12.0. The highest BCUT2D eigenvalue weighted by molar-refractivity contribution is 6.30. The first kappa shape index (κ1) is 18.3. The average molecular weight is 391 g/mol. The topological polar surface area (TPSA) is 53.2 Å². The standard InChI is InChI=1S/C19H16Cl2N2O3/c1-2-26-19(25)17-12-22(11-13-4-3-5-15(21)10-13)23(18(17)24)16-8-6-14(20)7-9-16/h3-10,12H,2,11H2,1H3. The molecule has 0 spiro atoms. The molecule has 0 aliphatic heterocycles. The molecule has 0 aliphatic rings. The Morgan fingerprint density at radius 3 is 2.46 bits per heavy atom. The summed E-state index contributed by atoms with van der Waals surface area (Å²) in [5.41, 5.74) is 1.01. The van der Waals surface area contributed by atoms with E-state index in [9.17, 15) is 9.59 Å². The van der Waals surface area contributed by atoms with Crippen molar-refractivity contribution in [2.75, 3.05) is 6.61 Å². The summed E-state index contributed by atoms with van der Waals surface area (Å²) in [7, 11) is 0. The molecule has 0 atom stereocenters. The Morgan fingerprint density at radius 2 is 1.81 bits per heavy atom. The third-order valence-electron chi connectivity index (χ3n) is 3.76. The molecular weight excluding hydrogens is 375 g/mol. The van der Waals surface area contributed by atoms with Crippen LogP contribution >= 0.6 is 23.2 Å². The van der Waals surface area contributed by atoms with Gasteiger partial charge in [0.2, 0.25) is 0 Å². The van der Waals surface area contributed by atoms with Gasteiger partial charge < -0.3 is 4.74 Å². The van der Waals surface area contributed by atoms with E-state index in [1.807, 2.05) is 18.2 Å². The Labute approximate surface area is 160 Å². The molecule has 0 radical (unpaired) electrons. The number of hydrogen-bond donors (Lipinski definition) is 0. The first-order valence-electron chi connectivity index (χ1n) is 7.99. The quantitative estimate of drug-likeness (QED) is 0.614. The fourth-order valence-electron chi connectivity index (χ4n) is 2.63. The fourth-order valence-corrected chi connectivity index (χ4v) is 2.97. The summed E-state index contributed by atoms with van der Waals surface area (Å²) in [5.74, 6) is -0.648. The Kier molecular flexibility index (Phi) is 5.49. The van der Waals surface area contributed by atoms with Crippen molar-refractivity contribution < 1.29 is 9.53 Å². The maximum atomic E-state index is 12.8. The molecule has 2 aromatic carbocycles. The maximum Gasteiger partial charge on any atom is 0.345 e. The zero-order valence-corrected chi connectivity index (χ0v) is 15.5. The number of benzene rings is 2. The SMILES string of the molecule is CCOC(=O)c1cn(Cc2cccc(Cl)c2)n(-c2ccc(Cl)cc2)c1=O. The molecule has 134 valence electrons. The smallest absolute Gasteiger partial charge is 0.345 e. The van der Waals surface area contributed by atoms with Crippen LogP contribution in [0.15, 0.2) is 59.5 Å². The van der Waals surface area contributed by atoms with Gasteiger partial charge in [-0.05, 0) is 48.9 Å². The minimum atomic E-state index is -0.648. The lowest BCUT2D eigenvalue weighted by molar-refractivity contribution is 0.0524. The van der Waals surface area contributed by atoms with E-state index in [0.717, 1.165) is 5.56 Å². The fraction of sp³-hybridized carbons (Fsp3) is 0.158. The zero-order valence-electron chi connectivity index (χ0n) is 14.0. The number of hydrogen-bond acceptors (Lipinski definition) is 3. The number of rotatable bonds is 5. The molecule has 1 heterocycles. The number of carbonyl (C=O) groups is 1. The molecule has 0 unspecified atom stereocenters. The van der Waals surface area contributed by atoms with Gasteiger partial charge in [-0.3, -0.25) is 9.48 Å². The van der Waals surface area contributed by atoms with E-state index in [1.165, 1.54) is 10.9 Å². The van der Waals surface area contributed by atoms with Crippen LogP contribution in [0.1, 0.15) is 22.8 Å². The Bertz CT molecular complexity index is 991. The molecule has 7 heteroatoms. The van der Waals surface area contributed by atoms with Gasteiger partial charge in [-0.25, -0.2) is 9.48 Å². The van der Waals surface area contributed by atoms with Crippen molar-refractivity contribution in [1.82, 2.24) is 9.36 Å². The largest absolute Gasteiger partial charge is 0.462 e. The summed E-state index contributed by atoms with van der Waals surface area (Å²) in [4.78, 5) is 25.0. The first-order valence-corrected chi connectivity index (χ1v) is 8.75. The molecule has 1 aromatic heterocycles. The average Bonchev–Trinajstić information content (AvgIpc) is 2.92. The van der Waals surface area contributed by atoms with E-state index < -0.39 is 11.5 Å². The van der Waals surface area contributed by atoms with Crippen molar-refractivity contribution in [2.45, 2.75) is 13.5 Å². The molecule has 3 rings (SSSR count). The van der Waals surface area contributed by atoms with Crippen LogP contribution < -0.4 is 5.56 Å². The molecule has 0 saturated carbocycles. The van der Waals surface area contributed by atoms with Gasteiger partial charge in [-0.1, -0.05) is 35.3 Å². The first-order chi connectivity index (χ1) is 12.5. The summed E-state index contributed by atoms with van der Waals surface area (Å²) in [6.07, 6.45) is 1.50. The lowest BCUT2D eigenvalue weighted by Crippen LogP contribution is -2.24. The minimum Gasteiger partial charge on any atom is -0.462 e. The summed E-state index contributed by atoms with van der Waals surface area (Å²) in [6, 6.07) is 14.1. The molecule has 0 saturated heterocycles. The molecule has 0 bridgehead atoms. The van der Waals surface area contributed by atoms with Crippen molar-refractivity contribution in [3.05, 3.63) is 86.3 Å². The lowest BCUT2D eigenvalue weighted by Gasteiger charge is -2.12. The molecule has 3 aromatic rings. The van der Waals surface area contributed by atoms with Crippen molar-refractivity contribution in [3.63, 3.8) is 0 Å². The van der Waals surface area contributed by atoms with Crippen LogP contribution in [0.5, 0.6) is 0 Å². The molecule has 26 heavy (non-hydrogen) atoms. The highest BCUT2D eigenvalue weighted by atomic mass is 35.5. The predicted molar refractivity (Wildman–Crippen MR) is 102 cm³/mol. The van der Waals surface area contributed by atoms with Crippen LogP contribution in [0.3, 0.4) is 0 Å². The van der Waals surface area contributed by atoms with Gasteiger partial charge in [0.25, 0.3) is 5.56 Å². The molecular formula is C19H16Cl2N2O3. The monoisotopic (exact) mass is 390 g/mol.